The van der Waals surface area contributed by atoms with Crippen molar-refractivity contribution in [2.75, 3.05) is 11.5 Å². The van der Waals surface area contributed by atoms with Crippen LogP contribution in [0.3, 0.4) is 0 Å². The van der Waals surface area contributed by atoms with Crippen LogP contribution in [0.15, 0.2) is 0 Å². The molecule has 1 rings (SSSR count). The maximum atomic E-state index is 11.3. The highest BCUT2D eigenvalue weighted by molar-refractivity contribution is 7.91. The zero-order chi connectivity index (χ0) is 12.2. The van der Waals surface area contributed by atoms with Gasteiger partial charge in [0.05, 0.1) is 11.5 Å². The predicted molar refractivity (Wildman–Crippen MR) is 68.0 cm³/mol. The van der Waals surface area contributed by atoms with Gasteiger partial charge in [-0.2, -0.15) is 0 Å². The predicted octanol–water partition coefficient (Wildman–Crippen LogP) is 1.96. The maximum absolute atomic E-state index is 11.3. The van der Waals surface area contributed by atoms with Crippen molar-refractivity contribution in [1.82, 2.24) is 0 Å². The summed E-state index contributed by atoms with van der Waals surface area (Å²) in [6.07, 6.45) is 5.15. The van der Waals surface area contributed by atoms with E-state index in [0.29, 0.717) is 23.3 Å². The molecule has 3 atom stereocenters. The van der Waals surface area contributed by atoms with Crippen molar-refractivity contribution in [3.8, 4) is 0 Å². The van der Waals surface area contributed by atoms with Crippen LogP contribution in [0.5, 0.6) is 0 Å². The van der Waals surface area contributed by atoms with Gasteiger partial charge < -0.3 is 5.73 Å². The average molecular weight is 247 g/mol. The van der Waals surface area contributed by atoms with E-state index in [1.54, 1.807) is 0 Å². The number of hydrogen-bond donors (Lipinski definition) is 1. The lowest BCUT2D eigenvalue weighted by Gasteiger charge is -2.19. The first-order chi connectivity index (χ1) is 7.43. The summed E-state index contributed by atoms with van der Waals surface area (Å²) in [6, 6.07) is 0.180. The van der Waals surface area contributed by atoms with Gasteiger partial charge in [-0.25, -0.2) is 8.42 Å². The van der Waals surface area contributed by atoms with Gasteiger partial charge in [-0.15, -0.1) is 0 Å². The molecule has 1 fully saturated rings. The Labute approximate surface area is 99.7 Å². The minimum Gasteiger partial charge on any atom is -0.328 e. The first-order valence-electron chi connectivity index (χ1n) is 6.39. The summed E-state index contributed by atoms with van der Waals surface area (Å²) in [5, 5.41) is 0. The molecule has 0 radical (unpaired) electrons. The van der Waals surface area contributed by atoms with Gasteiger partial charge in [0.1, 0.15) is 0 Å². The summed E-state index contributed by atoms with van der Waals surface area (Å²) in [4.78, 5) is 0. The molecule has 1 aliphatic rings. The fraction of sp³-hybridized carbons (Fsp3) is 1.00. The van der Waals surface area contributed by atoms with Crippen molar-refractivity contribution in [3.05, 3.63) is 0 Å². The molecule has 0 amide bonds. The van der Waals surface area contributed by atoms with Gasteiger partial charge in [0, 0.05) is 6.04 Å². The van der Waals surface area contributed by atoms with Crippen molar-refractivity contribution < 1.29 is 8.42 Å². The van der Waals surface area contributed by atoms with Gasteiger partial charge in [-0.05, 0) is 31.1 Å². The van der Waals surface area contributed by atoms with E-state index in [9.17, 15) is 8.42 Å². The molecule has 96 valence electrons. The van der Waals surface area contributed by atoms with Crippen molar-refractivity contribution in [3.63, 3.8) is 0 Å². The Balaban J connectivity index is 2.27. The second kappa shape index (κ2) is 6.01. The van der Waals surface area contributed by atoms with Crippen LogP contribution in [-0.2, 0) is 9.84 Å². The Morgan fingerprint density at radius 2 is 2.12 bits per heavy atom. The Morgan fingerprint density at radius 3 is 2.62 bits per heavy atom. The van der Waals surface area contributed by atoms with E-state index < -0.39 is 9.84 Å². The molecule has 0 aromatic heterocycles. The molecule has 0 bridgehead atoms. The lowest BCUT2D eigenvalue weighted by atomic mass is 9.91. The fourth-order valence-corrected chi connectivity index (χ4v) is 4.59. The maximum Gasteiger partial charge on any atom is 0.150 e. The molecule has 1 aliphatic heterocycles. The number of sulfone groups is 1. The molecule has 0 spiro atoms. The topological polar surface area (TPSA) is 60.2 Å². The fourth-order valence-electron chi connectivity index (χ4n) is 2.71. The lowest BCUT2D eigenvalue weighted by Crippen LogP contribution is -2.26. The molecular formula is C12H25NO2S. The highest BCUT2D eigenvalue weighted by Crippen LogP contribution is 2.24. The van der Waals surface area contributed by atoms with Crippen LogP contribution in [0, 0.1) is 11.8 Å². The molecule has 2 N–H and O–H groups in total. The molecule has 1 saturated heterocycles. The summed E-state index contributed by atoms with van der Waals surface area (Å²) >= 11 is 0. The second-order valence-corrected chi connectivity index (χ2v) is 7.62. The highest BCUT2D eigenvalue weighted by Gasteiger charge is 2.29. The highest BCUT2D eigenvalue weighted by atomic mass is 32.2. The third kappa shape index (κ3) is 4.83. The number of hydrogen-bond acceptors (Lipinski definition) is 3. The van der Waals surface area contributed by atoms with E-state index >= 15 is 0 Å². The largest absolute Gasteiger partial charge is 0.328 e. The first-order valence-corrected chi connectivity index (χ1v) is 8.21. The third-order valence-electron chi connectivity index (χ3n) is 3.45. The lowest BCUT2D eigenvalue weighted by molar-refractivity contribution is 0.380. The van der Waals surface area contributed by atoms with Crippen molar-refractivity contribution in [2.24, 2.45) is 17.6 Å². The molecule has 0 aromatic carbocycles. The Bertz CT molecular complexity index is 300. The van der Waals surface area contributed by atoms with E-state index in [0.717, 1.165) is 19.3 Å². The Kier molecular flexibility index (Phi) is 5.25. The summed E-state index contributed by atoms with van der Waals surface area (Å²) in [6.45, 7) is 4.42. The van der Waals surface area contributed by atoms with E-state index in [1.165, 1.54) is 12.8 Å². The quantitative estimate of drug-likeness (QED) is 0.780. The van der Waals surface area contributed by atoms with E-state index in [4.69, 9.17) is 5.73 Å². The van der Waals surface area contributed by atoms with Crippen LogP contribution in [0.4, 0.5) is 0 Å². The molecule has 3 nitrogen and oxygen atoms in total. The first kappa shape index (κ1) is 14.0. The van der Waals surface area contributed by atoms with Crippen LogP contribution in [0.1, 0.15) is 46.0 Å². The van der Waals surface area contributed by atoms with Crippen LogP contribution >= 0.6 is 0 Å². The van der Waals surface area contributed by atoms with Crippen LogP contribution in [-0.4, -0.2) is 26.0 Å². The minimum atomic E-state index is -2.74. The van der Waals surface area contributed by atoms with Crippen molar-refractivity contribution >= 4 is 9.84 Å². The molecule has 0 aromatic rings. The van der Waals surface area contributed by atoms with Crippen LogP contribution in [0.25, 0.3) is 0 Å². The molecule has 4 heteroatoms. The summed E-state index contributed by atoms with van der Waals surface area (Å²) in [5.74, 6) is 1.71. The van der Waals surface area contributed by atoms with Crippen LogP contribution in [0.2, 0.25) is 0 Å². The van der Waals surface area contributed by atoms with E-state index in [1.807, 2.05) is 0 Å². The van der Waals surface area contributed by atoms with Gasteiger partial charge in [-0.3, -0.25) is 0 Å². The minimum absolute atomic E-state index is 0.180. The number of rotatable bonds is 6. The molecule has 0 aliphatic carbocycles. The van der Waals surface area contributed by atoms with Crippen molar-refractivity contribution in [1.29, 1.82) is 0 Å². The molecule has 1 heterocycles. The molecular weight excluding hydrogens is 222 g/mol. The monoisotopic (exact) mass is 247 g/mol. The van der Waals surface area contributed by atoms with Gasteiger partial charge in [0.2, 0.25) is 0 Å². The second-order valence-electron chi connectivity index (χ2n) is 5.39. The smallest absolute Gasteiger partial charge is 0.150 e. The molecule has 16 heavy (non-hydrogen) atoms. The molecule has 3 unspecified atom stereocenters. The standard InChI is InChI=1S/C12H25NO2S/c1-3-4-10(2)7-12(13)8-11-5-6-16(14,15)9-11/h10-12H,3-9,13H2,1-2H3. The zero-order valence-corrected chi connectivity index (χ0v) is 11.3. The SMILES string of the molecule is CCCC(C)CC(N)CC1CCS(=O)(=O)C1. The zero-order valence-electron chi connectivity index (χ0n) is 10.5. The Morgan fingerprint density at radius 1 is 1.44 bits per heavy atom. The van der Waals surface area contributed by atoms with Gasteiger partial charge >= 0.3 is 0 Å². The summed E-state index contributed by atoms with van der Waals surface area (Å²) in [7, 11) is -2.74. The van der Waals surface area contributed by atoms with Gasteiger partial charge in [0.15, 0.2) is 9.84 Å². The normalized spacial score (nSPS) is 27.8. The molecule has 0 saturated carbocycles. The third-order valence-corrected chi connectivity index (χ3v) is 5.29. The average Bonchev–Trinajstić information content (AvgIpc) is 2.45. The Hall–Kier alpha value is -0.0900. The van der Waals surface area contributed by atoms with Gasteiger partial charge in [0.25, 0.3) is 0 Å². The summed E-state index contributed by atoms with van der Waals surface area (Å²) < 4.78 is 22.6. The van der Waals surface area contributed by atoms with Gasteiger partial charge in [-0.1, -0.05) is 26.7 Å². The summed E-state index contributed by atoms with van der Waals surface area (Å²) in [5.41, 5.74) is 6.08. The van der Waals surface area contributed by atoms with Crippen LogP contribution < -0.4 is 5.73 Å². The van der Waals surface area contributed by atoms with E-state index in [-0.39, 0.29) is 6.04 Å². The van der Waals surface area contributed by atoms with Crippen molar-refractivity contribution in [2.45, 2.75) is 52.0 Å². The number of nitrogens with two attached hydrogens (primary N) is 1. The van der Waals surface area contributed by atoms with E-state index in [2.05, 4.69) is 13.8 Å².